The molecule has 1 aliphatic heterocycles. The molecule has 5 nitrogen and oxygen atoms in total. The van der Waals surface area contributed by atoms with E-state index in [2.05, 4.69) is 14.8 Å². The molecule has 3 rings (SSSR count). The zero-order chi connectivity index (χ0) is 15.2. The van der Waals surface area contributed by atoms with Gasteiger partial charge in [-0.05, 0) is 12.1 Å². The van der Waals surface area contributed by atoms with Crippen molar-refractivity contribution in [3.05, 3.63) is 41.9 Å². The number of para-hydroxylation sites is 1. The molecular weight excluding hydrogens is 298 g/mol. The van der Waals surface area contributed by atoms with Crippen LogP contribution in [0.2, 0.25) is 0 Å². The predicted molar refractivity (Wildman–Crippen MR) is 88.7 cm³/mol. The van der Waals surface area contributed by atoms with Gasteiger partial charge in [-0.3, -0.25) is 4.90 Å². The van der Waals surface area contributed by atoms with Gasteiger partial charge in [0.05, 0.1) is 0 Å². The van der Waals surface area contributed by atoms with Crippen molar-refractivity contribution in [2.24, 2.45) is 0 Å². The summed E-state index contributed by atoms with van der Waals surface area (Å²) in [7, 11) is 0. The second kappa shape index (κ2) is 7.58. The molecule has 0 bridgehead atoms. The lowest BCUT2D eigenvalue weighted by molar-refractivity contribution is 0.0663. The van der Waals surface area contributed by atoms with Gasteiger partial charge in [-0.25, -0.2) is 4.98 Å². The highest BCUT2D eigenvalue weighted by Gasteiger charge is 2.20. The summed E-state index contributed by atoms with van der Waals surface area (Å²) in [6.07, 6.45) is 1.38. The Morgan fingerprint density at radius 3 is 2.64 bits per heavy atom. The van der Waals surface area contributed by atoms with Gasteiger partial charge in [0.2, 0.25) is 0 Å². The minimum atomic E-state index is -0.466. The Labute approximate surface area is 134 Å². The lowest BCUT2D eigenvalue weighted by atomic mass is 10.2. The van der Waals surface area contributed by atoms with Crippen LogP contribution in [-0.4, -0.2) is 60.4 Å². The van der Waals surface area contributed by atoms with E-state index in [1.807, 2.05) is 41.9 Å². The molecule has 1 N–H and O–H groups in total. The highest BCUT2D eigenvalue weighted by atomic mass is 32.1. The molecule has 0 aliphatic carbocycles. The number of aliphatic hydroxyl groups excluding tert-OH is 1. The Kier molecular flexibility index (Phi) is 5.26. The molecule has 1 aliphatic rings. The van der Waals surface area contributed by atoms with Gasteiger partial charge in [0.25, 0.3) is 0 Å². The molecule has 1 fully saturated rings. The summed E-state index contributed by atoms with van der Waals surface area (Å²) < 4.78 is 5.59. The van der Waals surface area contributed by atoms with Crippen molar-refractivity contribution in [1.29, 1.82) is 0 Å². The van der Waals surface area contributed by atoms with Gasteiger partial charge >= 0.3 is 0 Å². The van der Waals surface area contributed by atoms with Gasteiger partial charge in [0.1, 0.15) is 18.5 Å². The third kappa shape index (κ3) is 4.19. The molecule has 0 spiro atoms. The average Bonchev–Trinajstić information content (AvgIpc) is 3.09. The Morgan fingerprint density at radius 2 is 1.95 bits per heavy atom. The molecule has 0 radical (unpaired) electrons. The topological polar surface area (TPSA) is 48.8 Å². The number of benzene rings is 1. The van der Waals surface area contributed by atoms with Gasteiger partial charge in [0.15, 0.2) is 5.13 Å². The third-order valence-corrected chi connectivity index (χ3v) is 4.55. The van der Waals surface area contributed by atoms with Crippen molar-refractivity contribution < 1.29 is 9.84 Å². The molecule has 1 aromatic carbocycles. The van der Waals surface area contributed by atoms with Crippen molar-refractivity contribution in [3.8, 4) is 5.75 Å². The molecule has 1 atom stereocenters. The number of hydrogen-bond donors (Lipinski definition) is 1. The van der Waals surface area contributed by atoms with Crippen molar-refractivity contribution in [2.75, 3.05) is 44.2 Å². The van der Waals surface area contributed by atoms with Crippen molar-refractivity contribution in [1.82, 2.24) is 9.88 Å². The largest absolute Gasteiger partial charge is 0.491 e. The summed E-state index contributed by atoms with van der Waals surface area (Å²) in [5.74, 6) is 0.801. The number of thiazole rings is 1. The smallest absolute Gasteiger partial charge is 0.185 e. The first-order valence-electron chi connectivity index (χ1n) is 7.54. The van der Waals surface area contributed by atoms with Crippen LogP contribution in [0.1, 0.15) is 0 Å². The maximum atomic E-state index is 10.1. The molecule has 1 saturated heterocycles. The number of aromatic nitrogens is 1. The molecule has 0 unspecified atom stereocenters. The molecule has 6 heteroatoms. The van der Waals surface area contributed by atoms with Crippen LogP contribution in [0.4, 0.5) is 5.13 Å². The number of β-amino-alcohol motifs (C(OH)–C–C–N with tert-alkyl or cyclic N) is 1. The summed E-state index contributed by atoms with van der Waals surface area (Å²) in [6, 6.07) is 9.61. The average molecular weight is 319 g/mol. The second-order valence-electron chi connectivity index (χ2n) is 5.38. The van der Waals surface area contributed by atoms with Gasteiger partial charge in [-0.1, -0.05) is 18.2 Å². The Balaban J connectivity index is 1.39. The third-order valence-electron chi connectivity index (χ3n) is 3.72. The van der Waals surface area contributed by atoms with Crippen LogP contribution in [-0.2, 0) is 0 Å². The Hall–Kier alpha value is -1.63. The van der Waals surface area contributed by atoms with E-state index in [0.29, 0.717) is 13.2 Å². The SMILES string of the molecule is O[C@H](COc1ccccc1)CN1CCN(c2nccs2)CC1. The highest BCUT2D eigenvalue weighted by Crippen LogP contribution is 2.19. The highest BCUT2D eigenvalue weighted by molar-refractivity contribution is 7.13. The maximum Gasteiger partial charge on any atom is 0.185 e. The maximum absolute atomic E-state index is 10.1. The van der Waals surface area contributed by atoms with Gasteiger partial charge in [0, 0.05) is 44.3 Å². The quantitative estimate of drug-likeness (QED) is 0.878. The first-order chi connectivity index (χ1) is 10.8. The normalized spacial score (nSPS) is 17.4. The number of aliphatic hydroxyl groups is 1. The van der Waals surface area contributed by atoms with E-state index in [0.717, 1.165) is 37.1 Å². The second-order valence-corrected chi connectivity index (χ2v) is 6.25. The Morgan fingerprint density at radius 1 is 1.18 bits per heavy atom. The monoisotopic (exact) mass is 319 g/mol. The molecule has 118 valence electrons. The van der Waals surface area contributed by atoms with Crippen molar-refractivity contribution in [3.63, 3.8) is 0 Å². The summed E-state index contributed by atoms with van der Waals surface area (Å²) in [5.41, 5.74) is 0. The molecule has 2 aromatic rings. The molecule has 0 amide bonds. The number of anilines is 1. The van der Waals surface area contributed by atoms with Crippen molar-refractivity contribution in [2.45, 2.75) is 6.10 Å². The molecule has 1 aromatic heterocycles. The molecule has 22 heavy (non-hydrogen) atoms. The van der Waals surface area contributed by atoms with E-state index < -0.39 is 6.10 Å². The fraction of sp³-hybridized carbons (Fsp3) is 0.438. The first kappa shape index (κ1) is 15.3. The molecule has 0 saturated carbocycles. The van der Waals surface area contributed by atoms with E-state index in [1.165, 1.54) is 0 Å². The van der Waals surface area contributed by atoms with E-state index >= 15 is 0 Å². The van der Waals surface area contributed by atoms with Gasteiger partial charge in [-0.2, -0.15) is 0 Å². The van der Waals surface area contributed by atoms with Crippen LogP contribution in [0.25, 0.3) is 0 Å². The zero-order valence-electron chi connectivity index (χ0n) is 12.5. The first-order valence-corrected chi connectivity index (χ1v) is 8.42. The summed E-state index contributed by atoms with van der Waals surface area (Å²) in [5, 5.41) is 13.2. The van der Waals surface area contributed by atoms with Crippen LogP contribution < -0.4 is 9.64 Å². The number of hydrogen-bond acceptors (Lipinski definition) is 6. The van der Waals surface area contributed by atoms with E-state index in [9.17, 15) is 5.11 Å². The molecule has 2 heterocycles. The van der Waals surface area contributed by atoms with Crippen LogP contribution in [0.15, 0.2) is 41.9 Å². The zero-order valence-corrected chi connectivity index (χ0v) is 13.3. The summed E-state index contributed by atoms with van der Waals surface area (Å²) >= 11 is 1.68. The lowest BCUT2D eigenvalue weighted by Gasteiger charge is -2.35. The Bertz CT molecular complexity index is 542. The minimum absolute atomic E-state index is 0.330. The number of nitrogens with zero attached hydrogens (tertiary/aromatic N) is 3. The lowest BCUT2D eigenvalue weighted by Crippen LogP contribution is -2.49. The standard InChI is InChI=1S/C16H21N3O2S/c20-14(13-21-15-4-2-1-3-5-15)12-18-7-9-19(10-8-18)16-17-6-11-22-16/h1-6,11,14,20H,7-10,12-13H2/t14-/m0/s1. The number of rotatable bonds is 6. The van der Waals surface area contributed by atoms with Crippen LogP contribution in [0, 0.1) is 0 Å². The van der Waals surface area contributed by atoms with Crippen LogP contribution in [0.3, 0.4) is 0 Å². The fourth-order valence-electron chi connectivity index (χ4n) is 2.55. The van der Waals surface area contributed by atoms with Crippen LogP contribution >= 0.6 is 11.3 Å². The van der Waals surface area contributed by atoms with E-state index in [1.54, 1.807) is 11.3 Å². The van der Waals surface area contributed by atoms with Crippen molar-refractivity contribution >= 4 is 16.5 Å². The summed E-state index contributed by atoms with van der Waals surface area (Å²) in [4.78, 5) is 8.93. The van der Waals surface area contributed by atoms with E-state index in [4.69, 9.17) is 4.74 Å². The van der Waals surface area contributed by atoms with Crippen LogP contribution in [0.5, 0.6) is 5.75 Å². The van der Waals surface area contributed by atoms with Gasteiger partial charge in [-0.15, -0.1) is 11.3 Å². The summed E-state index contributed by atoms with van der Waals surface area (Å²) in [6.45, 7) is 4.79. The molecular formula is C16H21N3O2S. The number of piperazine rings is 1. The number of ether oxygens (including phenoxy) is 1. The minimum Gasteiger partial charge on any atom is -0.491 e. The van der Waals surface area contributed by atoms with E-state index in [-0.39, 0.29) is 0 Å². The predicted octanol–water partition coefficient (Wildman–Crippen LogP) is 1.71. The van der Waals surface area contributed by atoms with Gasteiger partial charge < -0.3 is 14.7 Å². The fourth-order valence-corrected chi connectivity index (χ4v) is 3.25.